The summed E-state index contributed by atoms with van der Waals surface area (Å²) in [6, 6.07) is 10.1. The molecule has 4 rings (SSSR count). The second kappa shape index (κ2) is 10.4. The molecule has 2 aromatic carbocycles. The van der Waals surface area contributed by atoms with Gasteiger partial charge < -0.3 is 20.5 Å². The minimum Gasteiger partial charge on any atom is -0.477 e. The van der Waals surface area contributed by atoms with Crippen molar-refractivity contribution in [3.05, 3.63) is 89.5 Å². The molecule has 0 aliphatic rings. The van der Waals surface area contributed by atoms with E-state index in [2.05, 4.69) is 25.9 Å². The molecule has 0 fully saturated rings. The van der Waals surface area contributed by atoms with Gasteiger partial charge in [-0.25, -0.2) is 19.3 Å². The summed E-state index contributed by atoms with van der Waals surface area (Å²) in [5, 5.41) is 21.5. The Morgan fingerprint density at radius 3 is 2.57 bits per heavy atom. The van der Waals surface area contributed by atoms with Crippen LogP contribution in [0.3, 0.4) is 0 Å². The predicted octanol–water partition coefficient (Wildman–Crippen LogP) is 4.80. The number of halogens is 3. The summed E-state index contributed by atoms with van der Waals surface area (Å²) in [7, 11) is 0. The zero-order valence-corrected chi connectivity index (χ0v) is 19.2. The third kappa shape index (κ3) is 6.20. The molecule has 13 heteroatoms. The van der Waals surface area contributed by atoms with Crippen LogP contribution in [0, 0.1) is 6.92 Å². The molecule has 0 saturated heterocycles. The molecule has 0 aliphatic heterocycles. The van der Waals surface area contributed by atoms with E-state index in [9.17, 15) is 22.8 Å². The summed E-state index contributed by atoms with van der Waals surface area (Å²) in [5.74, 6) is -0.414. The molecule has 4 aromatic rings. The van der Waals surface area contributed by atoms with Crippen molar-refractivity contribution >= 4 is 17.7 Å². The Morgan fingerprint density at radius 1 is 1.08 bits per heavy atom. The number of carbonyl (C=O) groups is 2. The normalized spacial score (nSPS) is 11.1. The van der Waals surface area contributed by atoms with Gasteiger partial charge in [-0.3, -0.25) is 0 Å². The number of aromatic carboxylic acids is 1. The summed E-state index contributed by atoms with van der Waals surface area (Å²) in [5.41, 5.74) is 0.425. The number of pyridine rings is 1. The van der Waals surface area contributed by atoms with Crippen molar-refractivity contribution in [3.8, 4) is 17.2 Å². The van der Waals surface area contributed by atoms with E-state index < -0.39 is 23.7 Å². The summed E-state index contributed by atoms with van der Waals surface area (Å²) >= 11 is 0. The first-order chi connectivity index (χ1) is 17.6. The number of ether oxygens (including phenoxy) is 1. The van der Waals surface area contributed by atoms with Crippen LogP contribution >= 0.6 is 0 Å². The van der Waals surface area contributed by atoms with Crippen LogP contribution in [-0.4, -0.2) is 37.1 Å². The van der Waals surface area contributed by atoms with Gasteiger partial charge in [0, 0.05) is 18.8 Å². The topological polar surface area (TPSA) is 131 Å². The molecule has 2 amide bonds. The van der Waals surface area contributed by atoms with E-state index >= 15 is 0 Å². The van der Waals surface area contributed by atoms with Crippen LogP contribution in [-0.2, 0) is 12.7 Å². The van der Waals surface area contributed by atoms with Gasteiger partial charge in [0.2, 0.25) is 0 Å². The van der Waals surface area contributed by atoms with Crippen molar-refractivity contribution < 1.29 is 32.6 Å². The van der Waals surface area contributed by atoms with Crippen LogP contribution in [0.2, 0.25) is 0 Å². The molecule has 0 saturated carbocycles. The van der Waals surface area contributed by atoms with Crippen molar-refractivity contribution in [2.75, 3.05) is 5.32 Å². The number of amides is 2. The largest absolute Gasteiger partial charge is 0.477 e. The van der Waals surface area contributed by atoms with Crippen LogP contribution in [0.5, 0.6) is 11.5 Å². The molecule has 0 unspecified atom stereocenters. The number of aryl methyl sites for hydroxylation is 1. The van der Waals surface area contributed by atoms with Crippen LogP contribution in [0.25, 0.3) is 5.69 Å². The Labute approximate surface area is 207 Å². The quantitative estimate of drug-likeness (QED) is 0.324. The first-order valence-corrected chi connectivity index (χ1v) is 10.7. The van der Waals surface area contributed by atoms with E-state index in [-0.39, 0.29) is 23.6 Å². The number of alkyl halides is 3. The van der Waals surface area contributed by atoms with Crippen LogP contribution in [0.15, 0.2) is 67.1 Å². The van der Waals surface area contributed by atoms with Crippen LogP contribution < -0.4 is 15.4 Å². The molecule has 2 heterocycles. The number of benzene rings is 2. The number of carbonyl (C=O) groups excluding carboxylic acids is 1. The van der Waals surface area contributed by atoms with E-state index in [0.717, 1.165) is 12.1 Å². The average Bonchev–Trinajstić information content (AvgIpc) is 3.39. The number of carboxylic acids is 1. The first kappa shape index (κ1) is 25.2. The van der Waals surface area contributed by atoms with Gasteiger partial charge in [-0.05, 0) is 48.4 Å². The highest BCUT2D eigenvalue weighted by atomic mass is 19.4. The van der Waals surface area contributed by atoms with Crippen LogP contribution in [0.1, 0.15) is 27.2 Å². The minimum absolute atomic E-state index is 0.0724. The van der Waals surface area contributed by atoms with E-state index in [4.69, 9.17) is 9.84 Å². The maximum Gasteiger partial charge on any atom is 0.416 e. The van der Waals surface area contributed by atoms with Gasteiger partial charge in [-0.2, -0.15) is 13.2 Å². The molecule has 2 aromatic heterocycles. The van der Waals surface area contributed by atoms with E-state index in [0.29, 0.717) is 22.6 Å². The molecule has 0 spiro atoms. The average molecular weight is 512 g/mol. The number of urea groups is 1. The maximum absolute atomic E-state index is 13.2. The fraction of sp³-hybridized carbons (Fsp3) is 0.125. The molecule has 0 aliphatic carbocycles. The number of hydrogen-bond acceptors (Lipinski definition) is 6. The highest BCUT2D eigenvalue weighted by Gasteiger charge is 2.31. The number of rotatable bonds is 7. The minimum atomic E-state index is -4.60. The molecule has 0 radical (unpaired) electrons. The molecule has 10 nitrogen and oxygen atoms in total. The summed E-state index contributed by atoms with van der Waals surface area (Å²) in [6.07, 6.45) is -0.478. The predicted molar refractivity (Wildman–Crippen MR) is 125 cm³/mol. The fourth-order valence-electron chi connectivity index (χ4n) is 3.35. The zero-order valence-electron chi connectivity index (χ0n) is 19.2. The van der Waals surface area contributed by atoms with Crippen molar-refractivity contribution in [1.82, 2.24) is 25.3 Å². The lowest BCUT2D eigenvalue weighted by molar-refractivity contribution is -0.137. The Bertz CT molecular complexity index is 1440. The Balaban J connectivity index is 1.43. The molecule has 0 bridgehead atoms. The third-order valence-corrected chi connectivity index (χ3v) is 5.11. The van der Waals surface area contributed by atoms with Crippen molar-refractivity contribution in [2.24, 2.45) is 0 Å². The van der Waals surface area contributed by atoms with Gasteiger partial charge in [0.05, 0.1) is 29.3 Å². The van der Waals surface area contributed by atoms with Crippen molar-refractivity contribution in [1.29, 1.82) is 0 Å². The summed E-state index contributed by atoms with van der Waals surface area (Å²) in [4.78, 5) is 27.3. The monoisotopic (exact) mass is 512 g/mol. The smallest absolute Gasteiger partial charge is 0.416 e. The lowest BCUT2D eigenvalue weighted by Crippen LogP contribution is -2.29. The number of nitrogens with zero attached hydrogens (tertiary/aromatic N) is 4. The number of nitrogens with one attached hydrogen (secondary N) is 2. The van der Waals surface area contributed by atoms with E-state index in [1.807, 2.05) is 0 Å². The highest BCUT2D eigenvalue weighted by Crippen LogP contribution is 2.33. The van der Waals surface area contributed by atoms with Gasteiger partial charge in [-0.1, -0.05) is 17.3 Å². The first-order valence-electron chi connectivity index (χ1n) is 10.7. The van der Waals surface area contributed by atoms with Crippen molar-refractivity contribution in [2.45, 2.75) is 19.6 Å². The van der Waals surface area contributed by atoms with Gasteiger partial charge in [0.15, 0.2) is 5.69 Å². The van der Waals surface area contributed by atoms with Gasteiger partial charge in [0.1, 0.15) is 11.5 Å². The molecule has 190 valence electrons. The number of hydrogen-bond donors (Lipinski definition) is 3. The Morgan fingerprint density at radius 2 is 1.89 bits per heavy atom. The second-order valence-corrected chi connectivity index (χ2v) is 7.77. The SMILES string of the molecule is Cc1cc(CNC(=O)Nc2cc(C(F)(F)F)ccc2-n2ccnn2)ccc1Oc1ccnc(C(=O)O)c1. The Kier molecular flexibility index (Phi) is 7.04. The molecule has 3 N–H and O–H groups in total. The van der Waals surface area contributed by atoms with Gasteiger partial charge in [0.25, 0.3) is 0 Å². The van der Waals surface area contributed by atoms with E-state index in [1.165, 1.54) is 41.5 Å². The van der Waals surface area contributed by atoms with Gasteiger partial charge in [-0.15, -0.1) is 5.10 Å². The number of anilines is 1. The fourth-order valence-corrected chi connectivity index (χ4v) is 3.35. The number of aromatic nitrogens is 4. The summed E-state index contributed by atoms with van der Waals surface area (Å²) < 4.78 is 46.6. The highest BCUT2D eigenvalue weighted by molar-refractivity contribution is 5.91. The van der Waals surface area contributed by atoms with Crippen LogP contribution in [0.4, 0.5) is 23.7 Å². The second-order valence-electron chi connectivity index (χ2n) is 7.77. The summed E-state index contributed by atoms with van der Waals surface area (Å²) in [6.45, 7) is 1.84. The Hall–Kier alpha value is -4.94. The van der Waals surface area contributed by atoms with E-state index in [1.54, 1.807) is 25.1 Å². The number of carboxylic acid groups (broad SMARTS) is 1. The molecular formula is C24H19F3N6O4. The van der Waals surface area contributed by atoms with Crippen molar-refractivity contribution in [3.63, 3.8) is 0 Å². The van der Waals surface area contributed by atoms with Gasteiger partial charge >= 0.3 is 18.2 Å². The standard InChI is InChI=1S/C24H19F3N6O4/c1-14-10-15(2-5-21(14)37-17-6-7-28-19(12-17)22(34)35)13-29-23(36)31-18-11-16(24(25,26)27)3-4-20(18)33-9-8-30-32-33/h2-12H,13H2,1H3,(H,34,35)(H2,29,31,36). The molecular weight excluding hydrogens is 493 g/mol. The molecule has 37 heavy (non-hydrogen) atoms. The molecule has 0 atom stereocenters. The lowest BCUT2D eigenvalue weighted by Gasteiger charge is -2.15. The third-order valence-electron chi connectivity index (χ3n) is 5.11. The zero-order chi connectivity index (χ0) is 26.6. The maximum atomic E-state index is 13.2. The lowest BCUT2D eigenvalue weighted by atomic mass is 10.1.